The zero-order valence-corrected chi connectivity index (χ0v) is 14.6. The lowest BCUT2D eigenvalue weighted by Crippen LogP contribution is -2.26. The maximum Gasteiger partial charge on any atom is 0.414 e. The van der Waals surface area contributed by atoms with Gasteiger partial charge in [-0.25, -0.2) is 18.9 Å². The molecule has 1 aliphatic heterocycles. The van der Waals surface area contributed by atoms with E-state index in [1.807, 2.05) is 28.9 Å². The minimum absolute atomic E-state index is 0.317. The summed E-state index contributed by atoms with van der Waals surface area (Å²) in [6.45, 7) is 0.713. The molecule has 140 valence electrons. The number of aromatic nitrogens is 5. The molecule has 3 aromatic heterocycles. The zero-order valence-electron chi connectivity index (χ0n) is 14.6. The lowest BCUT2D eigenvalue weighted by molar-refractivity contribution is 0.129. The van der Waals surface area contributed by atoms with Crippen LogP contribution in [0.1, 0.15) is 0 Å². The Balaban J connectivity index is 1.39. The van der Waals surface area contributed by atoms with Crippen LogP contribution >= 0.6 is 0 Å². The van der Waals surface area contributed by atoms with E-state index in [4.69, 9.17) is 4.74 Å². The van der Waals surface area contributed by atoms with Gasteiger partial charge in [-0.2, -0.15) is 0 Å². The van der Waals surface area contributed by atoms with E-state index in [9.17, 15) is 9.18 Å². The number of rotatable bonds is 4. The number of fused-ring (bicyclic) bond motifs is 1. The largest absolute Gasteiger partial charge is 0.442 e. The lowest BCUT2D eigenvalue weighted by Gasteiger charge is -2.14. The fourth-order valence-corrected chi connectivity index (χ4v) is 3.35. The Bertz CT molecular complexity index is 1160. The molecular weight excluding hydrogens is 363 g/mol. The molecule has 0 radical (unpaired) electrons. The van der Waals surface area contributed by atoms with Crippen molar-refractivity contribution in [3.63, 3.8) is 0 Å². The molecule has 1 saturated heterocycles. The normalized spacial score (nSPS) is 16.7. The third kappa shape index (κ3) is 2.86. The van der Waals surface area contributed by atoms with Crippen molar-refractivity contribution < 1.29 is 13.9 Å². The first-order chi connectivity index (χ1) is 13.7. The van der Waals surface area contributed by atoms with Gasteiger partial charge in [-0.05, 0) is 35.9 Å². The molecule has 0 unspecified atom stereocenters. The second-order valence-electron chi connectivity index (χ2n) is 6.51. The predicted molar refractivity (Wildman–Crippen MR) is 98.2 cm³/mol. The zero-order chi connectivity index (χ0) is 19.1. The van der Waals surface area contributed by atoms with Crippen molar-refractivity contribution in [1.29, 1.82) is 0 Å². The van der Waals surface area contributed by atoms with Crippen LogP contribution in [0.25, 0.3) is 16.8 Å². The Morgan fingerprint density at radius 1 is 1.14 bits per heavy atom. The van der Waals surface area contributed by atoms with E-state index in [0.29, 0.717) is 24.3 Å². The Kier molecular flexibility index (Phi) is 3.78. The molecule has 5 rings (SSSR count). The van der Waals surface area contributed by atoms with Gasteiger partial charge in [-0.3, -0.25) is 4.90 Å². The number of pyridine rings is 1. The summed E-state index contributed by atoms with van der Waals surface area (Å²) in [6.07, 6.45) is 7.72. The Morgan fingerprint density at radius 3 is 2.89 bits per heavy atom. The predicted octanol–water partition coefficient (Wildman–Crippen LogP) is 2.76. The number of ether oxygens (including phenoxy) is 1. The second-order valence-corrected chi connectivity index (χ2v) is 6.51. The summed E-state index contributed by atoms with van der Waals surface area (Å²) in [5.74, 6) is -0.416. The maximum absolute atomic E-state index is 14.8. The molecule has 4 aromatic rings. The van der Waals surface area contributed by atoms with Crippen molar-refractivity contribution in [3.8, 4) is 11.1 Å². The van der Waals surface area contributed by atoms with Crippen LogP contribution < -0.4 is 4.90 Å². The molecule has 28 heavy (non-hydrogen) atoms. The van der Waals surface area contributed by atoms with Gasteiger partial charge < -0.3 is 9.14 Å². The van der Waals surface area contributed by atoms with Crippen molar-refractivity contribution in [2.24, 2.45) is 0 Å². The van der Waals surface area contributed by atoms with Crippen molar-refractivity contribution in [3.05, 3.63) is 67.1 Å². The van der Waals surface area contributed by atoms with E-state index in [1.54, 1.807) is 35.4 Å². The number of hydrogen-bond donors (Lipinski definition) is 0. The van der Waals surface area contributed by atoms with Crippen molar-refractivity contribution >= 4 is 17.4 Å². The number of amides is 1. The van der Waals surface area contributed by atoms with Gasteiger partial charge >= 0.3 is 6.09 Å². The number of imidazole rings is 1. The number of nitrogens with zero attached hydrogens (tertiary/aromatic N) is 6. The molecule has 9 heteroatoms. The molecule has 0 bridgehead atoms. The molecule has 0 aliphatic carbocycles. The molecule has 1 aliphatic rings. The van der Waals surface area contributed by atoms with E-state index in [1.165, 1.54) is 11.0 Å². The topological polar surface area (TPSA) is 77.6 Å². The van der Waals surface area contributed by atoms with Crippen molar-refractivity contribution in [2.45, 2.75) is 12.6 Å². The van der Waals surface area contributed by atoms with Crippen molar-refractivity contribution in [2.75, 3.05) is 11.4 Å². The van der Waals surface area contributed by atoms with Gasteiger partial charge in [-0.1, -0.05) is 5.21 Å². The van der Waals surface area contributed by atoms with Crippen LogP contribution in [0, 0.1) is 5.82 Å². The van der Waals surface area contributed by atoms with Crippen LogP contribution in [-0.4, -0.2) is 43.1 Å². The van der Waals surface area contributed by atoms with Crippen molar-refractivity contribution in [1.82, 2.24) is 24.4 Å². The van der Waals surface area contributed by atoms with Gasteiger partial charge in [0.05, 0.1) is 25.0 Å². The minimum Gasteiger partial charge on any atom is -0.442 e. The van der Waals surface area contributed by atoms with Crippen LogP contribution in [0.15, 0.2) is 61.3 Å². The molecule has 1 aromatic carbocycles. The molecule has 0 N–H and O–H groups in total. The monoisotopic (exact) mass is 378 g/mol. The average molecular weight is 378 g/mol. The summed E-state index contributed by atoms with van der Waals surface area (Å²) in [5.41, 5.74) is 2.35. The van der Waals surface area contributed by atoms with E-state index in [2.05, 4.69) is 15.3 Å². The molecule has 8 nitrogen and oxygen atoms in total. The highest BCUT2D eigenvalue weighted by Crippen LogP contribution is 2.29. The van der Waals surface area contributed by atoms with E-state index < -0.39 is 11.9 Å². The van der Waals surface area contributed by atoms with Crippen LogP contribution in [0.5, 0.6) is 0 Å². The summed E-state index contributed by atoms with van der Waals surface area (Å²) < 4.78 is 23.6. The van der Waals surface area contributed by atoms with Crippen LogP contribution in [0.2, 0.25) is 0 Å². The summed E-state index contributed by atoms with van der Waals surface area (Å²) in [5, 5.41) is 7.60. The summed E-state index contributed by atoms with van der Waals surface area (Å²) in [4.78, 5) is 17.9. The first-order valence-electron chi connectivity index (χ1n) is 8.72. The number of carbonyl (C=O) groups excluding carboxylic acids is 1. The molecule has 0 spiro atoms. The summed E-state index contributed by atoms with van der Waals surface area (Å²) in [6, 6.07) is 8.37. The van der Waals surface area contributed by atoms with Gasteiger partial charge in [0.25, 0.3) is 0 Å². The first-order valence-corrected chi connectivity index (χ1v) is 8.72. The number of halogens is 1. The number of cyclic esters (lactones) is 1. The van der Waals surface area contributed by atoms with Gasteiger partial charge in [0.1, 0.15) is 17.6 Å². The van der Waals surface area contributed by atoms with E-state index >= 15 is 0 Å². The third-order valence-electron chi connectivity index (χ3n) is 4.71. The number of hydrogen-bond acceptors (Lipinski definition) is 5. The molecule has 1 amide bonds. The van der Waals surface area contributed by atoms with E-state index in [0.717, 1.165) is 11.2 Å². The van der Waals surface area contributed by atoms with Crippen LogP contribution in [0.4, 0.5) is 14.9 Å². The fourth-order valence-electron chi connectivity index (χ4n) is 3.35. The highest BCUT2D eigenvalue weighted by molar-refractivity contribution is 5.90. The molecule has 1 fully saturated rings. The summed E-state index contributed by atoms with van der Waals surface area (Å²) in [7, 11) is 0. The maximum atomic E-state index is 14.8. The molecule has 0 saturated carbocycles. The molecule has 1 atom stereocenters. The average Bonchev–Trinajstić information content (AvgIpc) is 3.42. The van der Waals surface area contributed by atoms with Crippen LogP contribution in [0.3, 0.4) is 0 Å². The van der Waals surface area contributed by atoms with Gasteiger partial charge in [-0.15, -0.1) is 5.10 Å². The summed E-state index contributed by atoms with van der Waals surface area (Å²) >= 11 is 0. The number of carbonyl (C=O) groups is 1. The third-order valence-corrected chi connectivity index (χ3v) is 4.71. The van der Waals surface area contributed by atoms with E-state index in [-0.39, 0.29) is 6.10 Å². The second kappa shape index (κ2) is 6.45. The molecular formula is C19H15FN6O2. The van der Waals surface area contributed by atoms with Gasteiger partial charge in [0, 0.05) is 30.4 Å². The Labute approximate surface area is 158 Å². The highest BCUT2D eigenvalue weighted by Gasteiger charge is 2.33. The fraction of sp³-hybridized carbons (Fsp3) is 0.158. The smallest absolute Gasteiger partial charge is 0.414 e. The SMILES string of the molecule is O=C1O[C@H](Cn2ccnn2)CN1c1ccc(-c2ccn3ccnc3c2)c(F)c1. The number of benzene rings is 1. The molecule has 4 heterocycles. The van der Waals surface area contributed by atoms with Crippen LogP contribution in [-0.2, 0) is 11.3 Å². The Morgan fingerprint density at radius 2 is 2.07 bits per heavy atom. The van der Waals surface area contributed by atoms with Gasteiger partial charge in [0.15, 0.2) is 0 Å². The quantitative estimate of drug-likeness (QED) is 0.546. The number of anilines is 1. The van der Waals surface area contributed by atoms with Gasteiger partial charge in [0.2, 0.25) is 0 Å². The standard InChI is InChI=1S/C19H15FN6O2/c20-17-10-14(26-12-15(28-19(26)27)11-25-8-5-22-23-25)1-2-16(17)13-3-6-24-7-4-21-18(24)9-13/h1-10,15H,11-12H2/t15-/m1/s1. The lowest BCUT2D eigenvalue weighted by atomic mass is 10.1. The highest BCUT2D eigenvalue weighted by atomic mass is 19.1. The Hall–Kier alpha value is -3.75. The first kappa shape index (κ1) is 16.4. The minimum atomic E-state index is -0.504.